The van der Waals surface area contributed by atoms with Gasteiger partial charge in [-0.05, 0) is 25.1 Å². The lowest BCUT2D eigenvalue weighted by Gasteiger charge is -2.16. The Morgan fingerprint density at radius 3 is 2.52 bits per heavy atom. The highest BCUT2D eigenvalue weighted by molar-refractivity contribution is 7.13. The van der Waals surface area contributed by atoms with Crippen molar-refractivity contribution in [1.82, 2.24) is 15.1 Å². The number of hydrogen-bond acceptors (Lipinski definition) is 6. The van der Waals surface area contributed by atoms with Crippen LogP contribution in [0.25, 0.3) is 0 Å². The van der Waals surface area contributed by atoms with E-state index in [-0.39, 0.29) is 24.9 Å². The van der Waals surface area contributed by atoms with Crippen molar-refractivity contribution in [2.45, 2.75) is 13.3 Å². The third kappa shape index (κ3) is 5.42. The molecule has 0 unspecified atom stereocenters. The van der Waals surface area contributed by atoms with Crippen LogP contribution in [-0.4, -0.2) is 47.0 Å². The van der Waals surface area contributed by atoms with Crippen molar-refractivity contribution in [3.05, 3.63) is 35.3 Å². The number of nitrogens with one attached hydrogen (secondary N) is 2. The Morgan fingerprint density at radius 2 is 1.87 bits per heavy atom. The molecule has 0 atom stereocenters. The van der Waals surface area contributed by atoms with Gasteiger partial charge in [-0.25, -0.2) is 0 Å². The zero-order valence-electron chi connectivity index (χ0n) is 13.1. The summed E-state index contributed by atoms with van der Waals surface area (Å²) in [6.45, 7) is 2.26. The minimum Gasteiger partial charge on any atom is -0.325 e. The highest BCUT2D eigenvalue weighted by Crippen LogP contribution is 2.15. The van der Waals surface area contributed by atoms with Crippen LogP contribution in [0, 0.1) is 0 Å². The number of rotatable bonds is 7. The van der Waals surface area contributed by atoms with Gasteiger partial charge in [-0.15, -0.1) is 10.2 Å². The van der Waals surface area contributed by atoms with Crippen molar-refractivity contribution in [1.29, 1.82) is 0 Å². The average molecular weight is 333 g/mol. The topological polar surface area (TPSA) is 87.2 Å². The first kappa shape index (κ1) is 17.0. The summed E-state index contributed by atoms with van der Waals surface area (Å²) in [4.78, 5) is 25.5. The molecule has 0 aliphatic rings. The van der Waals surface area contributed by atoms with Gasteiger partial charge in [-0.2, -0.15) is 0 Å². The molecule has 8 heteroatoms. The number of benzene rings is 1. The lowest BCUT2D eigenvalue weighted by Crippen LogP contribution is -2.36. The van der Waals surface area contributed by atoms with E-state index in [1.165, 1.54) is 16.8 Å². The molecule has 23 heavy (non-hydrogen) atoms. The number of para-hydroxylation sites is 1. The molecule has 0 aliphatic heterocycles. The summed E-state index contributed by atoms with van der Waals surface area (Å²) in [6, 6.07) is 7.68. The van der Waals surface area contributed by atoms with E-state index in [4.69, 9.17) is 0 Å². The summed E-state index contributed by atoms with van der Waals surface area (Å²) in [6.07, 6.45) is 0.844. The zero-order valence-corrected chi connectivity index (χ0v) is 13.9. The molecule has 1 aromatic heterocycles. The molecule has 2 rings (SSSR count). The smallest absolute Gasteiger partial charge is 0.240 e. The molecule has 0 saturated heterocycles. The van der Waals surface area contributed by atoms with Gasteiger partial charge in [0.05, 0.1) is 13.1 Å². The van der Waals surface area contributed by atoms with Crippen molar-refractivity contribution < 1.29 is 9.59 Å². The molecule has 1 heterocycles. The van der Waals surface area contributed by atoms with Crippen LogP contribution in [-0.2, 0) is 16.0 Å². The largest absolute Gasteiger partial charge is 0.325 e. The number of carbonyl (C=O) groups is 2. The van der Waals surface area contributed by atoms with Gasteiger partial charge in [0.15, 0.2) is 0 Å². The summed E-state index contributed by atoms with van der Waals surface area (Å²) in [5.41, 5.74) is 3.43. The van der Waals surface area contributed by atoms with Gasteiger partial charge in [0, 0.05) is 5.69 Å². The van der Waals surface area contributed by atoms with Crippen LogP contribution in [0.2, 0.25) is 0 Å². The third-order valence-corrected chi connectivity index (χ3v) is 3.71. The Morgan fingerprint density at radius 1 is 1.17 bits per heavy atom. The van der Waals surface area contributed by atoms with E-state index in [9.17, 15) is 9.59 Å². The first-order valence-corrected chi connectivity index (χ1v) is 8.08. The Hall–Kier alpha value is -2.32. The number of hydrogen-bond donors (Lipinski definition) is 2. The van der Waals surface area contributed by atoms with Crippen molar-refractivity contribution in [3.63, 3.8) is 0 Å². The fourth-order valence-electron chi connectivity index (χ4n) is 2.07. The predicted molar refractivity (Wildman–Crippen MR) is 90.5 cm³/mol. The quantitative estimate of drug-likeness (QED) is 0.804. The molecular formula is C15H19N5O2S. The summed E-state index contributed by atoms with van der Waals surface area (Å²) < 4.78 is 0. The Labute approximate surface area is 138 Å². The SMILES string of the molecule is CCc1ccccc1NC(=O)CN(C)CC(=O)Nc1nncs1. The molecule has 1 aromatic carbocycles. The summed E-state index contributed by atoms with van der Waals surface area (Å²) in [7, 11) is 1.71. The minimum atomic E-state index is -0.231. The summed E-state index contributed by atoms with van der Waals surface area (Å²) in [5, 5.41) is 13.3. The van der Waals surface area contributed by atoms with Crippen LogP contribution in [0.4, 0.5) is 10.8 Å². The number of likely N-dealkylation sites (N-methyl/N-ethyl adjacent to an activating group) is 1. The first-order chi connectivity index (χ1) is 11.1. The van der Waals surface area contributed by atoms with Crippen LogP contribution in [0.5, 0.6) is 0 Å². The number of aryl methyl sites for hydroxylation is 1. The van der Waals surface area contributed by atoms with E-state index in [0.717, 1.165) is 17.7 Å². The molecule has 2 aromatic rings. The van der Waals surface area contributed by atoms with E-state index < -0.39 is 0 Å². The Balaban J connectivity index is 1.81. The second-order valence-electron chi connectivity index (χ2n) is 5.02. The molecule has 0 spiro atoms. The van der Waals surface area contributed by atoms with Gasteiger partial charge in [-0.1, -0.05) is 36.5 Å². The summed E-state index contributed by atoms with van der Waals surface area (Å²) >= 11 is 1.25. The molecule has 0 radical (unpaired) electrons. The molecular weight excluding hydrogens is 314 g/mol. The van der Waals surface area contributed by atoms with Crippen molar-refractivity contribution in [3.8, 4) is 0 Å². The van der Waals surface area contributed by atoms with Crippen molar-refractivity contribution in [2.24, 2.45) is 0 Å². The molecule has 0 bridgehead atoms. The molecule has 0 fully saturated rings. The monoisotopic (exact) mass is 333 g/mol. The minimum absolute atomic E-state index is 0.0996. The molecule has 7 nitrogen and oxygen atoms in total. The van der Waals surface area contributed by atoms with Gasteiger partial charge in [0.1, 0.15) is 5.51 Å². The molecule has 0 aliphatic carbocycles. The number of anilines is 2. The summed E-state index contributed by atoms with van der Waals surface area (Å²) in [5.74, 6) is -0.386. The maximum atomic E-state index is 12.1. The lowest BCUT2D eigenvalue weighted by molar-refractivity contribution is -0.119. The van der Waals surface area contributed by atoms with Crippen molar-refractivity contribution >= 4 is 34.0 Å². The number of aromatic nitrogens is 2. The van der Waals surface area contributed by atoms with Gasteiger partial charge in [0.25, 0.3) is 0 Å². The fourth-order valence-corrected chi connectivity index (χ4v) is 2.53. The lowest BCUT2D eigenvalue weighted by atomic mass is 10.1. The zero-order chi connectivity index (χ0) is 16.7. The highest BCUT2D eigenvalue weighted by atomic mass is 32.1. The molecule has 122 valence electrons. The van der Waals surface area contributed by atoms with Crippen LogP contribution in [0.15, 0.2) is 29.8 Å². The normalized spacial score (nSPS) is 10.6. The van der Waals surface area contributed by atoms with Crippen molar-refractivity contribution in [2.75, 3.05) is 30.8 Å². The Bertz CT molecular complexity index is 660. The van der Waals surface area contributed by atoms with Crippen LogP contribution in [0.1, 0.15) is 12.5 Å². The molecule has 2 amide bonds. The third-order valence-electron chi connectivity index (χ3n) is 3.11. The van der Waals surface area contributed by atoms with E-state index in [1.807, 2.05) is 31.2 Å². The first-order valence-electron chi connectivity index (χ1n) is 7.20. The predicted octanol–water partition coefficient (Wildman–Crippen LogP) is 1.61. The molecule has 0 saturated carbocycles. The number of carbonyl (C=O) groups excluding carboxylic acids is 2. The second-order valence-corrected chi connectivity index (χ2v) is 5.86. The van der Waals surface area contributed by atoms with Gasteiger partial charge in [-0.3, -0.25) is 19.8 Å². The van der Waals surface area contributed by atoms with E-state index in [2.05, 4.69) is 20.8 Å². The second kappa shape index (κ2) is 8.35. The van der Waals surface area contributed by atoms with Gasteiger partial charge in [0.2, 0.25) is 16.9 Å². The molecule has 2 N–H and O–H groups in total. The van der Waals surface area contributed by atoms with E-state index in [1.54, 1.807) is 11.9 Å². The maximum Gasteiger partial charge on any atom is 0.240 e. The van der Waals surface area contributed by atoms with Crippen LogP contribution < -0.4 is 10.6 Å². The van der Waals surface area contributed by atoms with Gasteiger partial charge < -0.3 is 5.32 Å². The number of nitrogens with zero attached hydrogens (tertiary/aromatic N) is 3. The highest BCUT2D eigenvalue weighted by Gasteiger charge is 2.12. The average Bonchev–Trinajstić information content (AvgIpc) is 3.00. The number of amides is 2. The van der Waals surface area contributed by atoms with Crippen LogP contribution in [0.3, 0.4) is 0 Å². The maximum absolute atomic E-state index is 12.1. The van der Waals surface area contributed by atoms with Gasteiger partial charge >= 0.3 is 0 Å². The van der Waals surface area contributed by atoms with E-state index >= 15 is 0 Å². The fraction of sp³-hybridized carbons (Fsp3) is 0.333. The van der Waals surface area contributed by atoms with E-state index in [0.29, 0.717) is 5.13 Å². The standard InChI is InChI=1S/C15H19N5O2S/c1-3-11-6-4-5-7-12(11)17-13(21)8-20(2)9-14(22)18-15-19-16-10-23-15/h4-7,10H,3,8-9H2,1-2H3,(H,17,21)(H,18,19,22). The Kier molecular flexibility index (Phi) is 6.19. The van der Waals surface area contributed by atoms with Crippen LogP contribution >= 0.6 is 11.3 Å².